The van der Waals surface area contributed by atoms with Gasteiger partial charge in [-0.2, -0.15) is 0 Å². The van der Waals surface area contributed by atoms with Gasteiger partial charge in [0.2, 0.25) is 5.91 Å². The Bertz CT molecular complexity index is 450. The number of carbonyl (C=O) groups excluding carboxylic acids is 1. The minimum absolute atomic E-state index is 0.0774. The number of nitrogens with zero attached hydrogens (tertiary/aromatic N) is 1. The SMILES string of the molecule is C[C@@H]1C[C@H](C)CN([C@@H](C)C(=O)Nc2ccc(Br)cc2)C1. The maximum Gasteiger partial charge on any atom is 0.241 e. The summed E-state index contributed by atoms with van der Waals surface area (Å²) in [5.41, 5.74) is 0.850. The molecule has 3 atom stereocenters. The Hall–Kier alpha value is -0.870. The molecule has 0 spiro atoms. The second kappa shape index (κ2) is 6.72. The molecule has 1 amide bonds. The molecule has 0 aliphatic carbocycles. The Morgan fingerprint density at radius 1 is 1.25 bits per heavy atom. The predicted octanol–water partition coefficient (Wildman–Crippen LogP) is 3.75. The second-order valence-electron chi connectivity index (χ2n) is 6.07. The largest absolute Gasteiger partial charge is 0.325 e. The van der Waals surface area contributed by atoms with Crippen molar-refractivity contribution in [3.8, 4) is 0 Å². The van der Waals surface area contributed by atoms with E-state index in [9.17, 15) is 4.79 Å². The molecule has 1 aromatic carbocycles. The van der Waals surface area contributed by atoms with Gasteiger partial charge in [0.05, 0.1) is 6.04 Å². The van der Waals surface area contributed by atoms with Gasteiger partial charge in [0.25, 0.3) is 0 Å². The van der Waals surface area contributed by atoms with Crippen LogP contribution in [-0.2, 0) is 4.79 Å². The van der Waals surface area contributed by atoms with Crippen LogP contribution in [0.5, 0.6) is 0 Å². The molecule has 0 radical (unpaired) electrons. The van der Waals surface area contributed by atoms with Crippen molar-refractivity contribution in [2.45, 2.75) is 33.2 Å². The Kier molecular flexibility index (Phi) is 5.22. The normalized spacial score (nSPS) is 25.2. The number of rotatable bonds is 3. The molecule has 1 saturated heterocycles. The van der Waals surface area contributed by atoms with E-state index < -0.39 is 0 Å². The number of nitrogens with one attached hydrogen (secondary N) is 1. The van der Waals surface area contributed by atoms with Crippen LogP contribution in [0.2, 0.25) is 0 Å². The molecule has 1 aromatic rings. The van der Waals surface area contributed by atoms with Crippen LogP contribution in [0.4, 0.5) is 5.69 Å². The Labute approximate surface area is 129 Å². The molecule has 1 aliphatic rings. The Balaban J connectivity index is 1.96. The van der Waals surface area contributed by atoms with Gasteiger partial charge in [0, 0.05) is 23.2 Å². The van der Waals surface area contributed by atoms with Gasteiger partial charge in [0.1, 0.15) is 0 Å². The van der Waals surface area contributed by atoms with E-state index in [1.54, 1.807) is 0 Å². The van der Waals surface area contributed by atoms with Crippen LogP contribution < -0.4 is 5.32 Å². The molecular weight excluding hydrogens is 316 g/mol. The fourth-order valence-electron chi connectivity index (χ4n) is 2.97. The van der Waals surface area contributed by atoms with Gasteiger partial charge in [-0.3, -0.25) is 9.69 Å². The van der Waals surface area contributed by atoms with Gasteiger partial charge < -0.3 is 5.32 Å². The second-order valence-corrected chi connectivity index (χ2v) is 6.99. The van der Waals surface area contributed by atoms with Crippen molar-refractivity contribution >= 4 is 27.5 Å². The van der Waals surface area contributed by atoms with Crippen molar-refractivity contribution in [1.82, 2.24) is 4.90 Å². The van der Waals surface area contributed by atoms with E-state index in [4.69, 9.17) is 0 Å². The molecule has 0 unspecified atom stereocenters. The molecule has 110 valence electrons. The number of benzene rings is 1. The predicted molar refractivity (Wildman–Crippen MR) is 86.8 cm³/mol. The standard InChI is InChI=1S/C16H23BrN2O/c1-11-8-12(2)10-19(9-11)13(3)16(20)18-15-6-4-14(17)5-7-15/h4-7,11-13H,8-10H2,1-3H3,(H,18,20)/t11-,12+,13-/m0/s1. The van der Waals surface area contributed by atoms with Crippen LogP contribution in [0.1, 0.15) is 27.2 Å². The quantitative estimate of drug-likeness (QED) is 0.910. The van der Waals surface area contributed by atoms with Gasteiger partial charge in [-0.15, -0.1) is 0 Å². The van der Waals surface area contributed by atoms with Crippen LogP contribution in [0, 0.1) is 11.8 Å². The summed E-state index contributed by atoms with van der Waals surface area (Å²) in [6.45, 7) is 8.56. The molecule has 4 heteroatoms. The summed E-state index contributed by atoms with van der Waals surface area (Å²) in [5.74, 6) is 1.41. The third-order valence-electron chi connectivity index (χ3n) is 3.94. The highest BCUT2D eigenvalue weighted by molar-refractivity contribution is 9.10. The fraction of sp³-hybridized carbons (Fsp3) is 0.562. The first kappa shape index (κ1) is 15.5. The molecule has 1 fully saturated rings. The van der Waals surface area contributed by atoms with Crippen LogP contribution in [0.15, 0.2) is 28.7 Å². The van der Waals surface area contributed by atoms with Crippen LogP contribution in [0.3, 0.4) is 0 Å². The number of amides is 1. The molecular formula is C16H23BrN2O. The van der Waals surface area contributed by atoms with E-state index in [1.807, 2.05) is 31.2 Å². The lowest BCUT2D eigenvalue weighted by molar-refractivity contribution is -0.121. The number of carbonyl (C=O) groups is 1. The van der Waals surface area contributed by atoms with E-state index in [2.05, 4.69) is 40.0 Å². The number of hydrogen-bond donors (Lipinski definition) is 1. The highest BCUT2D eigenvalue weighted by Gasteiger charge is 2.28. The first-order chi connectivity index (χ1) is 9.45. The summed E-state index contributed by atoms with van der Waals surface area (Å²) in [6, 6.07) is 7.62. The molecule has 1 aliphatic heterocycles. The average Bonchev–Trinajstić information content (AvgIpc) is 2.39. The summed E-state index contributed by atoms with van der Waals surface area (Å²) in [7, 11) is 0. The maximum absolute atomic E-state index is 12.3. The van der Waals surface area contributed by atoms with Crippen molar-refractivity contribution in [2.75, 3.05) is 18.4 Å². The van der Waals surface area contributed by atoms with E-state index in [1.165, 1.54) is 6.42 Å². The van der Waals surface area contributed by atoms with Gasteiger partial charge in [-0.1, -0.05) is 29.8 Å². The minimum Gasteiger partial charge on any atom is -0.325 e. The molecule has 3 nitrogen and oxygen atoms in total. The molecule has 1 N–H and O–H groups in total. The Morgan fingerprint density at radius 2 is 1.80 bits per heavy atom. The van der Waals surface area contributed by atoms with E-state index in [0.29, 0.717) is 11.8 Å². The zero-order valence-corrected chi connectivity index (χ0v) is 14.0. The fourth-order valence-corrected chi connectivity index (χ4v) is 3.24. The summed E-state index contributed by atoms with van der Waals surface area (Å²) >= 11 is 3.40. The summed E-state index contributed by atoms with van der Waals surface area (Å²) in [4.78, 5) is 14.6. The first-order valence-corrected chi connectivity index (χ1v) is 8.05. The van der Waals surface area contributed by atoms with Crippen molar-refractivity contribution in [2.24, 2.45) is 11.8 Å². The number of likely N-dealkylation sites (tertiary alicyclic amines) is 1. The summed E-state index contributed by atoms with van der Waals surface area (Å²) in [5, 5.41) is 2.99. The average molecular weight is 339 g/mol. The highest BCUT2D eigenvalue weighted by Crippen LogP contribution is 2.23. The van der Waals surface area contributed by atoms with E-state index >= 15 is 0 Å². The molecule has 1 heterocycles. The van der Waals surface area contributed by atoms with Gasteiger partial charge in [-0.05, 0) is 49.4 Å². The number of hydrogen-bond acceptors (Lipinski definition) is 2. The van der Waals surface area contributed by atoms with Crippen LogP contribution >= 0.6 is 15.9 Å². The van der Waals surface area contributed by atoms with Gasteiger partial charge >= 0.3 is 0 Å². The van der Waals surface area contributed by atoms with Crippen molar-refractivity contribution < 1.29 is 4.79 Å². The smallest absolute Gasteiger partial charge is 0.241 e. The maximum atomic E-state index is 12.3. The topological polar surface area (TPSA) is 32.3 Å². The van der Waals surface area contributed by atoms with Crippen molar-refractivity contribution in [1.29, 1.82) is 0 Å². The zero-order chi connectivity index (χ0) is 14.7. The lowest BCUT2D eigenvalue weighted by Gasteiger charge is -2.38. The lowest BCUT2D eigenvalue weighted by atomic mass is 9.91. The molecule has 2 rings (SSSR count). The molecule has 0 aromatic heterocycles. The zero-order valence-electron chi connectivity index (χ0n) is 12.4. The number of anilines is 1. The van der Waals surface area contributed by atoms with Crippen molar-refractivity contribution in [3.63, 3.8) is 0 Å². The molecule has 0 bridgehead atoms. The van der Waals surface area contributed by atoms with E-state index in [-0.39, 0.29) is 11.9 Å². The van der Waals surface area contributed by atoms with E-state index in [0.717, 1.165) is 23.2 Å². The summed E-state index contributed by atoms with van der Waals surface area (Å²) < 4.78 is 1.02. The Morgan fingerprint density at radius 3 is 2.35 bits per heavy atom. The third kappa shape index (κ3) is 4.06. The highest BCUT2D eigenvalue weighted by atomic mass is 79.9. The monoisotopic (exact) mass is 338 g/mol. The lowest BCUT2D eigenvalue weighted by Crippen LogP contribution is -2.48. The van der Waals surface area contributed by atoms with Crippen LogP contribution in [-0.4, -0.2) is 29.9 Å². The van der Waals surface area contributed by atoms with Crippen LogP contribution in [0.25, 0.3) is 0 Å². The van der Waals surface area contributed by atoms with Gasteiger partial charge in [0.15, 0.2) is 0 Å². The molecule has 20 heavy (non-hydrogen) atoms. The minimum atomic E-state index is -0.0798. The van der Waals surface area contributed by atoms with Gasteiger partial charge in [-0.25, -0.2) is 0 Å². The third-order valence-corrected chi connectivity index (χ3v) is 4.46. The first-order valence-electron chi connectivity index (χ1n) is 7.26. The molecule has 0 saturated carbocycles. The number of halogens is 1. The number of piperidine rings is 1. The van der Waals surface area contributed by atoms with Crippen molar-refractivity contribution in [3.05, 3.63) is 28.7 Å². The summed E-state index contributed by atoms with van der Waals surface area (Å²) in [6.07, 6.45) is 1.26.